The highest BCUT2D eigenvalue weighted by Gasteiger charge is 2.36. The van der Waals surface area contributed by atoms with Crippen LogP contribution in [0.3, 0.4) is 0 Å². The zero-order valence-corrected chi connectivity index (χ0v) is 24.3. The summed E-state index contributed by atoms with van der Waals surface area (Å²) in [6.45, 7) is 15.5. The molecule has 1 saturated carbocycles. The summed E-state index contributed by atoms with van der Waals surface area (Å²) in [5.41, 5.74) is 2.33. The third-order valence-corrected chi connectivity index (χ3v) is 7.03. The maximum Gasteiger partial charge on any atom is 0.408 e. The summed E-state index contributed by atoms with van der Waals surface area (Å²) in [6, 6.07) is 5.11. The Morgan fingerprint density at radius 1 is 1.00 bits per heavy atom. The van der Waals surface area contributed by atoms with Crippen molar-refractivity contribution in [1.82, 2.24) is 15.5 Å². The molecule has 2 rings (SSSR count). The normalized spacial score (nSPS) is 16.1. The zero-order chi connectivity index (χ0) is 27.8. The zero-order valence-electron chi connectivity index (χ0n) is 24.3. The molecule has 2 atom stereocenters. The van der Waals surface area contributed by atoms with Crippen LogP contribution in [0.5, 0.6) is 0 Å². The largest absolute Gasteiger partial charge is 0.444 e. The second kappa shape index (κ2) is 13.8. The Labute approximate surface area is 224 Å². The minimum absolute atomic E-state index is 0.123. The van der Waals surface area contributed by atoms with Crippen LogP contribution in [-0.2, 0) is 14.3 Å². The Hall–Kier alpha value is -2.57. The number of alkyl carbamates (subject to hydrolysis) is 1. The summed E-state index contributed by atoms with van der Waals surface area (Å²) in [5.74, 6) is 0.0109. The molecule has 0 aliphatic heterocycles. The third-order valence-electron chi connectivity index (χ3n) is 7.03. The van der Waals surface area contributed by atoms with Gasteiger partial charge in [-0.2, -0.15) is 0 Å². The molecule has 1 aromatic carbocycles. The first-order chi connectivity index (χ1) is 17.3. The average molecular weight is 516 g/mol. The Morgan fingerprint density at radius 3 is 2.22 bits per heavy atom. The molecule has 7 heteroatoms. The van der Waals surface area contributed by atoms with Crippen LogP contribution in [0.15, 0.2) is 18.2 Å². The third kappa shape index (κ3) is 10.0. The van der Waals surface area contributed by atoms with Crippen LogP contribution in [0.2, 0.25) is 0 Å². The van der Waals surface area contributed by atoms with Gasteiger partial charge in [-0.3, -0.25) is 9.59 Å². The fourth-order valence-corrected chi connectivity index (χ4v) is 4.81. The SMILES string of the molecule is Cc1ccc(C(C(=O)NC2CCCCC2)N(C(=O)CNC(=O)OC(C)(C)C)C(C)CCC(C)C)cc1C. The predicted molar refractivity (Wildman–Crippen MR) is 148 cm³/mol. The molecule has 208 valence electrons. The molecule has 0 saturated heterocycles. The van der Waals surface area contributed by atoms with E-state index in [1.807, 2.05) is 39.0 Å². The maximum absolute atomic E-state index is 13.9. The summed E-state index contributed by atoms with van der Waals surface area (Å²) in [4.78, 5) is 41.6. The topological polar surface area (TPSA) is 87.7 Å². The fourth-order valence-electron chi connectivity index (χ4n) is 4.81. The molecule has 1 aliphatic rings. The average Bonchev–Trinajstić information content (AvgIpc) is 2.80. The van der Waals surface area contributed by atoms with Gasteiger partial charge in [-0.15, -0.1) is 0 Å². The number of hydrogen-bond donors (Lipinski definition) is 2. The monoisotopic (exact) mass is 515 g/mol. The first-order valence-electron chi connectivity index (χ1n) is 13.9. The number of carbonyl (C=O) groups excluding carboxylic acids is 3. The molecule has 3 amide bonds. The van der Waals surface area contributed by atoms with Gasteiger partial charge >= 0.3 is 6.09 Å². The summed E-state index contributed by atoms with van der Waals surface area (Å²) in [7, 11) is 0. The maximum atomic E-state index is 13.9. The van der Waals surface area contributed by atoms with E-state index in [1.54, 1.807) is 25.7 Å². The number of hydrogen-bond acceptors (Lipinski definition) is 4. The molecule has 37 heavy (non-hydrogen) atoms. The lowest BCUT2D eigenvalue weighted by molar-refractivity contribution is -0.143. The first-order valence-corrected chi connectivity index (χ1v) is 13.9. The van der Waals surface area contributed by atoms with E-state index in [-0.39, 0.29) is 30.4 Å². The highest BCUT2D eigenvalue weighted by Crippen LogP contribution is 2.29. The minimum Gasteiger partial charge on any atom is -0.444 e. The predicted octanol–water partition coefficient (Wildman–Crippen LogP) is 5.97. The van der Waals surface area contributed by atoms with Crippen molar-refractivity contribution in [3.05, 3.63) is 34.9 Å². The first kappa shape index (κ1) is 30.7. The van der Waals surface area contributed by atoms with Gasteiger partial charge in [0.15, 0.2) is 0 Å². The number of carbonyl (C=O) groups is 3. The number of amides is 3. The van der Waals surface area contributed by atoms with Crippen LogP contribution in [0.1, 0.15) is 109 Å². The van der Waals surface area contributed by atoms with Crippen LogP contribution < -0.4 is 10.6 Å². The van der Waals surface area contributed by atoms with E-state index in [0.29, 0.717) is 5.92 Å². The van der Waals surface area contributed by atoms with Crippen molar-refractivity contribution in [2.75, 3.05) is 6.54 Å². The Bertz CT molecular complexity index is 916. The standard InChI is InChI=1S/C30H49N3O4/c1-20(2)14-16-23(5)33(26(34)19-31-29(36)37-30(6,7)8)27(24-17-15-21(3)22(4)18-24)28(35)32-25-12-10-9-11-13-25/h15,17-18,20,23,25,27H,9-14,16,19H2,1-8H3,(H,31,36)(H,32,35). The van der Waals surface area contributed by atoms with Crippen LogP contribution in [0.4, 0.5) is 4.79 Å². The van der Waals surface area contributed by atoms with E-state index in [9.17, 15) is 14.4 Å². The van der Waals surface area contributed by atoms with Gasteiger partial charge in [0.25, 0.3) is 0 Å². The summed E-state index contributed by atoms with van der Waals surface area (Å²) in [5, 5.41) is 5.86. The fraction of sp³-hybridized carbons (Fsp3) is 0.700. The van der Waals surface area contributed by atoms with Crippen molar-refractivity contribution in [3.63, 3.8) is 0 Å². The molecular formula is C30H49N3O4. The lowest BCUT2D eigenvalue weighted by atomic mass is 9.93. The van der Waals surface area contributed by atoms with Crippen LogP contribution in [0, 0.1) is 19.8 Å². The molecule has 0 heterocycles. The highest BCUT2D eigenvalue weighted by atomic mass is 16.6. The summed E-state index contributed by atoms with van der Waals surface area (Å²) in [6.07, 6.45) is 6.36. The minimum atomic E-state index is -0.781. The molecule has 2 unspecified atom stereocenters. The van der Waals surface area contributed by atoms with Gasteiger partial charge in [-0.05, 0) is 89.8 Å². The Morgan fingerprint density at radius 2 is 1.65 bits per heavy atom. The molecule has 2 N–H and O–H groups in total. The van der Waals surface area contributed by atoms with Crippen LogP contribution in [0.25, 0.3) is 0 Å². The molecule has 0 aromatic heterocycles. The molecule has 7 nitrogen and oxygen atoms in total. The Kier molecular flexibility index (Phi) is 11.5. The quantitative estimate of drug-likeness (QED) is 0.402. The Balaban J connectivity index is 2.40. The van der Waals surface area contributed by atoms with E-state index in [0.717, 1.165) is 55.2 Å². The highest BCUT2D eigenvalue weighted by molar-refractivity contribution is 5.90. The molecule has 0 bridgehead atoms. The number of rotatable bonds is 10. The summed E-state index contributed by atoms with van der Waals surface area (Å²) < 4.78 is 5.33. The van der Waals surface area contributed by atoms with Gasteiger partial charge in [0, 0.05) is 12.1 Å². The molecule has 1 fully saturated rings. The van der Waals surface area contributed by atoms with E-state index < -0.39 is 17.7 Å². The van der Waals surface area contributed by atoms with Crippen molar-refractivity contribution in [3.8, 4) is 0 Å². The van der Waals surface area contributed by atoms with Gasteiger partial charge < -0.3 is 20.3 Å². The van der Waals surface area contributed by atoms with Gasteiger partial charge in [-0.25, -0.2) is 4.79 Å². The smallest absolute Gasteiger partial charge is 0.408 e. The van der Waals surface area contributed by atoms with Crippen molar-refractivity contribution >= 4 is 17.9 Å². The lowest BCUT2D eigenvalue weighted by Crippen LogP contribution is -2.52. The van der Waals surface area contributed by atoms with Gasteiger partial charge in [0.1, 0.15) is 18.2 Å². The van der Waals surface area contributed by atoms with Crippen LogP contribution in [-0.4, -0.2) is 47.0 Å². The van der Waals surface area contributed by atoms with Gasteiger partial charge in [-0.1, -0.05) is 51.3 Å². The second-order valence-electron chi connectivity index (χ2n) is 12.1. The molecular weight excluding hydrogens is 466 g/mol. The number of aryl methyl sites for hydroxylation is 2. The number of nitrogens with zero attached hydrogens (tertiary/aromatic N) is 1. The van der Waals surface area contributed by atoms with Crippen molar-refractivity contribution in [2.24, 2.45) is 5.92 Å². The molecule has 1 aromatic rings. The molecule has 0 spiro atoms. The molecule has 1 aliphatic carbocycles. The number of ether oxygens (including phenoxy) is 1. The van der Waals surface area contributed by atoms with E-state index in [1.165, 1.54) is 6.42 Å². The van der Waals surface area contributed by atoms with E-state index in [4.69, 9.17) is 4.74 Å². The number of benzene rings is 1. The number of nitrogens with one attached hydrogen (secondary N) is 2. The van der Waals surface area contributed by atoms with Crippen molar-refractivity contribution < 1.29 is 19.1 Å². The lowest BCUT2D eigenvalue weighted by Gasteiger charge is -2.38. The van der Waals surface area contributed by atoms with Crippen LogP contribution >= 0.6 is 0 Å². The van der Waals surface area contributed by atoms with E-state index >= 15 is 0 Å². The van der Waals surface area contributed by atoms with Gasteiger partial charge in [0.05, 0.1) is 0 Å². The summed E-state index contributed by atoms with van der Waals surface area (Å²) >= 11 is 0. The van der Waals surface area contributed by atoms with E-state index in [2.05, 4.69) is 24.5 Å². The second-order valence-corrected chi connectivity index (χ2v) is 12.1. The van der Waals surface area contributed by atoms with Crippen molar-refractivity contribution in [1.29, 1.82) is 0 Å². The van der Waals surface area contributed by atoms with Gasteiger partial charge in [0.2, 0.25) is 11.8 Å². The van der Waals surface area contributed by atoms with Crippen molar-refractivity contribution in [2.45, 2.75) is 124 Å². The molecule has 0 radical (unpaired) electrons.